The van der Waals surface area contributed by atoms with Gasteiger partial charge in [-0.3, -0.25) is 4.90 Å². The molecule has 0 aliphatic carbocycles. The molecule has 1 unspecified atom stereocenters. The summed E-state index contributed by atoms with van der Waals surface area (Å²) in [6.45, 7) is 8.58. The minimum absolute atomic E-state index is 0.724. The first kappa shape index (κ1) is 15.3. The molecule has 1 saturated heterocycles. The molecule has 1 N–H and O–H groups in total. The molecule has 3 heteroatoms. The van der Waals surface area contributed by atoms with Crippen molar-refractivity contribution in [2.24, 2.45) is 0 Å². The van der Waals surface area contributed by atoms with Crippen molar-refractivity contribution < 1.29 is 4.74 Å². The first-order chi connectivity index (χ1) is 9.70. The maximum absolute atomic E-state index is 5.85. The molecule has 1 aromatic carbocycles. The molecular formula is C17H28N2O. The van der Waals surface area contributed by atoms with E-state index in [4.69, 9.17) is 4.74 Å². The number of likely N-dealkylation sites (tertiary alicyclic amines) is 1. The van der Waals surface area contributed by atoms with Crippen LogP contribution in [0, 0.1) is 13.8 Å². The van der Waals surface area contributed by atoms with E-state index in [2.05, 4.69) is 42.3 Å². The second kappa shape index (κ2) is 7.65. The van der Waals surface area contributed by atoms with Crippen LogP contribution in [0.2, 0.25) is 0 Å². The van der Waals surface area contributed by atoms with Gasteiger partial charge in [-0.05, 0) is 70.0 Å². The first-order valence-electron chi connectivity index (χ1n) is 7.79. The van der Waals surface area contributed by atoms with Crippen LogP contribution in [0.1, 0.15) is 30.4 Å². The van der Waals surface area contributed by atoms with Crippen LogP contribution < -0.4 is 10.1 Å². The average Bonchev–Trinajstić information content (AvgIpc) is 2.87. The van der Waals surface area contributed by atoms with Gasteiger partial charge in [0.15, 0.2) is 0 Å². The van der Waals surface area contributed by atoms with Gasteiger partial charge in [0.25, 0.3) is 0 Å². The van der Waals surface area contributed by atoms with Gasteiger partial charge in [-0.25, -0.2) is 0 Å². The van der Waals surface area contributed by atoms with Gasteiger partial charge in [-0.1, -0.05) is 6.07 Å². The second-order valence-corrected chi connectivity index (χ2v) is 5.84. The number of rotatable bonds is 7. The third-order valence-electron chi connectivity index (χ3n) is 4.28. The molecule has 1 aliphatic rings. The zero-order valence-electron chi connectivity index (χ0n) is 13.1. The monoisotopic (exact) mass is 276 g/mol. The molecule has 0 spiro atoms. The van der Waals surface area contributed by atoms with Crippen molar-refractivity contribution in [1.82, 2.24) is 10.2 Å². The van der Waals surface area contributed by atoms with E-state index in [-0.39, 0.29) is 0 Å². The highest BCUT2D eigenvalue weighted by molar-refractivity contribution is 5.33. The van der Waals surface area contributed by atoms with Gasteiger partial charge in [0, 0.05) is 19.1 Å². The Morgan fingerprint density at radius 3 is 2.90 bits per heavy atom. The predicted molar refractivity (Wildman–Crippen MR) is 84.5 cm³/mol. The Morgan fingerprint density at radius 2 is 2.15 bits per heavy atom. The van der Waals surface area contributed by atoms with Crippen LogP contribution in [-0.4, -0.2) is 44.2 Å². The van der Waals surface area contributed by atoms with Crippen LogP contribution in [-0.2, 0) is 0 Å². The van der Waals surface area contributed by atoms with Crippen LogP contribution in [0.25, 0.3) is 0 Å². The number of hydrogen-bond acceptors (Lipinski definition) is 3. The smallest absolute Gasteiger partial charge is 0.119 e. The van der Waals surface area contributed by atoms with Gasteiger partial charge >= 0.3 is 0 Å². The Hall–Kier alpha value is -1.06. The van der Waals surface area contributed by atoms with Crippen molar-refractivity contribution in [3.8, 4) is 5.75 Å². The summed E-state index contributed by atoms with van der Waals surface area (Å²) in [4.78, 5) is 2.60. The van der Waals surface area contributed by atoms with Gasteiger partial charge in [0.1, 0.15) is 5.75 Å². The Balaban J connectivity index is 1.69. The molecule has 1 heterocycles. The van der Waals surface area contributed by atoms with E-state index in [1.54, 1.807) is 0 Å². The summed E-state index contributed by atoms with van der Waals surface area (Å²) in [5.41, 5.74) is 2.63. The van der Waals surface area contributed by atoms with Crippen molar-refractivity contribution in [2.75, 3.05) is 33.3 Å². The van der Waals surface area contributed by atoms with E-state index in [1.165, 1.54) is 30.5 Å². The molecule has 0 amide bonds. The fourth-order valence-electron chi connectivity index (χ4n) is 2.92. The number of nitrogens with zero attached hydrogens (tertiary/aromatic N) is 1. The highest BCUT2D eigenvalue weighted by Crippen LogP contribution is 2.18. The number of ether oxygens (including phenoxy) is 1. The Morgan fingerprint density at radius 1 is 1.30 bits per heavy atom. The van der Waals surface area contributed by atoms with Gasteiger partial charge in [-0.15, -0.1) is 0 Å². The summed E-state index contributed by atoms with van der Waals surface area (Å²) >= 11 is 0. The van der Waals surface area contributed by atoms with Gasteiger partial charge in [0.2, 0.25) is 0 Å². The minimum atomic E-state index is 0.724. The molecule has 1 aliphatic heterocycles. The third kappa shape index (κ3) is 4.22. The molecule has 0 radical (unpaired) electrons. The molecule has 1 atom stereocenters. The number of nitrogens with one attached hydrogen (secondary N) is 1. The summed E-state index contributed by atoms with van der Waals surface area (Å²) < 4.78 is 5.85. The van der Waals surface area contributed by atoms with Gasteiger partial charge < -0.3 is 10.1 Å². The molecule has 20 heavy (non-hydrogen) atoms. The predicted octanol–water partition coefficient (Wildman–Crippen LogP) is 2.76. The highest BCUT2D eigenvalue weighted by atomic mass is 16.5. The van der Waals surface area contributed by atoms with E-state index >= 15 is 0 Å². The van der Waals surface area contributed by atoms with Crippen LogP contribution in [0.5, 0.6) is 5.75 Å². The maximum atomic E-state index is 5.85. The van der Waals surface area contributed by atoms with Crippen molar-refractivity contribution in [3.63, 3.8) is 0 Å². The van der Waals surface area contributed by atoms with Crippen LogP contribution in [0.15, 0.2) is 18.2 Å². The summed E-state index contributed by atoms with van der Waals surface area (Å²) in [6.07, 6.45) is 3.77. The fourth-order valence-corrected chi connectivity index (χ4v) is 2.92. The van der Waals surface area contributed by atoms with Crippen molar-refractivity contribution >= 4 is 0 Å². The molecule has 0 saturated carbocycles. The van der Waals surface area contributed by atoms with Gasteiger partial charge in [-0.2, -0.15) is 0 Å². The fraction of sp³-hybridized carbons (Fsp3) is 0.647. The Bertz CT molecular complexity index is 419. The minimum Gasteiger partial charge on any atom is -0.494 e. The molecule has 0 aromatic heterocycles. The summed E-state index contributed by atoms with van der Waals surface area (Å²) in [5, 5.41) is 3.29. The van der Waals surface area contributed by atoms with E-state index in [1.807, 2.05) is 7.05 Å². The van der Waals surface area contributed by atoms with E-state index in [9.17, 15) is 0 Å². The molecule has 2 rings (SSSR count). The zero-order chi connectivity index (χ0) is 14.4. The lowest BCUT2D eigenvalue weighted by molar-refractivity contribution is 0.219. The summed E-state index contributed by atoms with van der Waals surface area (Å²) in [6, 6.07) is 7.06. The Labute approximate surface area is 123 Å². The highest BCUT2D eigenvalue weighted by Gasteiger charge is 2.22. The van der Waals surface area contributed by atoms with Crippen LogP contribution >= 0.6 is 0 Å². The molecule has 0 bridgehead atoms. The lowest BCUT2D eigenvalue weighted by Crippen LogP contribution is -2.37. The number of benzene rings is 1. The topological polar surface area (TPSA) is 24.5 Å². The lowest BCUT2D eigenvalue weighted by Gasteiger charge is -2.24. The molecule has 1 aromatic rings. The SMILES string of the molecule is CNCC1CCCN1CCCOc1ccc(C)c(C)c1. The molecule has 1 fully saturated rings. The number of hydrogen-bond donors (Lipinski definition) is 1. The van der Waals surface area contributed by atoms with Gasteiger partial charge in [0.05, 0.1) is 6.61 Å². The average molecular weight is 276 g/mol. The third-order valence-corrected chi connectivity index (χ3v) is 4.28. The molecule has 3 nitrogen and oxygen atoms in total. The van der Waals surface area contributed by atoms with Crippen LogP contribution in [0.3, 0.4) is 0 Å². The maximum Gasteiger partial charge on any atom is 0.119 e. The van der Waals surface area contributed by atoms with Crippen LogP contribution in [0.4, 0.5) is 0 Å². The molecule has 112 valence electrons. The Kier molecular flexibility index (Phi) is 5.86. The first-order valence-corrected chi connectivity index (χ1v) is 7.79. The molecular weight excluding hydrogens is 248 g/mol. The number of aryl methyl sites for hydroxylation is 2. The van der Waals surface area contributed by atoms with Crippen molar-refractivity contribution in [3.05, 3.63) is 29.3 Å². The number of likely N-dealkylation sites (N-methyl/N-ethyl adjacent to an activating group) is 1. The lowest BCUT2D eigenvalue weighted by atomic mass is 10.1. The van der Waals surface area contributed by atoms with E-state index in [0.717, 1.165) is 37.9 Å². The quantitative estimate of drug-likeness (QED) is 0.775. The van der Waals surface area contributed by atoms with Crippen molar-refractivity contribution in [1.29, 1.82) is 0 Å². The second-order valence-electron chi connectivity index (χ2n) is 5.84. The normalized spacial score (nSPS) is 19.4. The van der Waals surface area contributed by atoms with E-state index < -0.39 is 0 Å². The zero-order valence-corrected chi connectivity index (χ0v) is 13.1. The standard InChI is InChI=1S/C17H28N2O/c1-14-7-8-17(12-15(14)2)20-11-5-10-19-9-4-6-16(19)13-18-3/h7-8,12,16,18H,4-6,9-11,13H2,1-3H3. The summed E-state index contributed by atoms with van der Waals surface area (Å²) in [7, 11) is 2.04. The largest absolute Gasteiger partial charge is 0.494 e. The van der Waals surface area contributed by atoms with Crippen molar-refractivity contribution in [2.45, 2.75) is 39.2 Å². The summed E-state index contributed by atoms with van der Waals surface area (Å²) in [5.74, 6) is 1.00. The van der Waals surface area contributed by atoms with E-state index in [0.29, 0.717) is 0 Å².